The van der Waals surface area contributed by atoms with Crippen LogP contribution in [0.1, 0.15) is 58.8 Å². The number of fused-ring (bicyclic) bond motifs is 5. The van der Waals surface area contributed by atoms with E-state index in [1.165, 1.54) is 13.0 Å². The molecule has 12 nitrogen and oxygen atoms in total. The first-order valence-electron chi connectivity index (χ1n) is 14.9. The highest BCUT2D eigenvalue weighted by Gasteiger charge is 2.75. The molecule has 232 valence electrons. The minimum Gasteiger partial charge on any atom is -0.458 e. The molecule has 12 heteroatoms. The standard InChI is InChI=1S/C29H44O12/c1-13-22(34)23(35)24(36)25(40-13)41-15-8-19(32)28(12-30)21-17(3-5-27(28,37)9-15)29(38)6-4-16(14-7-20(33)39-11-14)26(29,2)10-18(21)31/h7,13,15-19,21-25,30-32,34-38H,3-6,8-12H2,1-2H3/t13-,15-,16+,17-,18-,19+,21-,22-,23+,24+,25-,26-,27-,28+,29-/m0/s1. The first kappa shape index (κ1) is 29.9. The molecule has 6 rings (SSSR count). The van der Waals surface area contributed by atoms with E-state index in [1.54, 1.807) is 0 Å². The van der Waals surface area contributed by atoms with Crippen LogP contribution in [-0.2, 0) is 19.0 Å². The predicted octanol–water partition coefficient (Wildman–Crippen LogP) is -1.51. The number of rotatable bonds is 4. The molecule has 2 heterocycles. The van der Waals surface area contributed by atoms with Crippen molar-refractivity contribution in [2.45, 2.75) is 119 Å². The molecule has 4 aliphatic carbocycles. The lowest BCUT2D eigenvalue weighted by Crippen LogP contribution is -2.76. The average molecular weight is 585 g/mol. The summed E-state index contributed by atoms with van der Waals surface area (Å²) in [6, 6.07) is 0. The number of aliphatic hydroxyl groups excluding tert-OH is 6. The van der Waals surface area contributed by atoms with Crippen molar-refractivity contribution in [3.05, 3.63) is 11.6 Å². The number of aliphatic hydroxyl groups is 8. The van der Waals surface area contributed by atoms with Gasteiger partial charge < -0.3 is 55.1 Å². The molecular weight excluding hydrogens is 540 g/mol. The molecule has 0 aromatic rings. The van der Waals surface area contributed by atoms with Crippen molar-refractivity contribution < 1.29 is 59.9 Å². The fourth-order valence-corrected chi connectivity index (χ4v) is 10.1. The second kappa shape index (κ2) is 9.91. The molecule has 0 radical (unpaired) electrons. The molecule has 0 bridgehead atoms. The Hall–Kier alpha value is -1.19. The van der Waals surface area contributed by atoms with Crippen LogP contribution in [0.3, 0.4) is 0 Å². The minimum atomic E-state index is -1.67. The maximum atomic E-state index is 12.4. The number of hydrogen-bond donors (Lipinski definition) is 8. The molecule has 41 heavy (non-hydrogen) atoms. The Labute approximate surface area is 238 Å². The van der Waals surface area contributed by atoms with E-state index in [9.17, 15) is 45.6 Å². The number of carbonyl (C=O) groups excluding carboxylic acids is 1. The van der Waals surface area contributed by atoms with Gasteiger partial charge in [-0.05, 0) is 56.4 Å². The smallest absolute Gasteiger partial charge is 0.331 e. The summed E-state index contributed by atoms with van der Waals surface area (Å²) in [7, 11) is 0. The Morgan fingerprint density at radius 3 is 2.41 bits per heavy atom. The fourth-order valence-electron chi connectivity index (χ4n) is 10.1. The molecule has 2 aliphatic heterocycles. The Bertz CT molecular complexity index is 1080. The summed E-state index contributed by atoms with van der Waals surface area (Å²) in [6.07, 6.45) is -6.68. The van der Waals surface area contributed by atoms with Crippen molar-refractivity contribution in [2.75, 3.05) is 13.2 Å². The lowest BCUT2D eigenvalue weighted by molar-refractivity contribution is -0.342. The summed E-state index contributed by atoms with van der Waals surface area (Å²) in [5.74, 6) is -1.93. The summed E-state index contributed by atoms with van der Waals surface area (Å²) in [4.78, 5) is 11.8. The van der Waals surface area contributed by atoms with Crippen LogP contribution in [0.15, 0.2) is 11.6 Å². The zero-order valence-electron chi connectivity index (χ0n) is 23.5. The molecular formula is C29H44O12. The quantitative estimate of drug-likeness (QED) is 0.140. The van der Waals surface area contributed by atoms with Crippen molar-refractivity contribution in [2.24, 2.45) is 28.6 Å². The SMILES string of the molecule is C[C@@H]1O[C@@H](O[C@H]2C[C@@H](O)[C@]3(CO)[C@@H]4[C@@H](O)C[C@@]5(C)[C@@H](C6=CC(=O)OC6)CC[C@]5(O)[C@H]4CC[C@]3(O)C2)[C@H](O)[C@H](O)[C@H]1O. The van der Waals surface area contributed by atoms with E-state index < -0.39 is 95.5 Å². The van der Waals surface area contributed by atoms with Gasteiger partial charge in [0.1, 0.15) is 24.9 Å². The van der Waals surface area contributed by atoms with Gasteiger partial charge in [0.2, 0.25) is 0 Å². The Morgan fingerprint density at radius 2 is 1.76 bits per heavy atom. The van der Waals surface area contributed by atoms with Gasteiger partial charge in [-0.1, -0.05) is 6.92 Å². The molecule has 0 amide bonds. The molecule has 5 fully saturated rings. The van der Waals surface area contributed by atoms with E-state index in [2.05, 4.69) is 0 Å². The molecule has 0 unspecified atom stereocenters. The van der Waals surface area contributed by atoms with Gasteiger partial charge in [-0.2, -0.15) is 0 Å². The van der Waals surface area contributed by atoms with Crippen molar-refractivity contribution in [3.63, 3.8) is 0 Å². The Balaban J connectivity index is 1.28. The molecule has 0 spiro atoms. The topological polar surface area (TPSA) is 207 Å². The number of carbonyl (C=O) groups is 1. The van der Waals surface area contributed by atoms with Crippen molar-refractivity contribution >= 4 is 5.97 Å². The predicted molar refractivity (Wildman–Crippen MR) is 139 cm³/mol. The second-order valence-corrected chi connectivity index (χ2v) is 13.8. The maximum Gasteiger partial charge on any atom is 0.331 e. The number of ether oxygens (including phenoxy) is 3. The third kappa shape index (κ3) is 3.99. The summed E-state index contributed by atoms with van der Waals surface area (Å²) < 4.78 is 16.7. The molecule has 4 saturated carbocycles. The molecule has 0 aromatic heterocycles. The molecule has 6 aliphatic rings. The maximum absolute atomic E-state index is 12.4. The van der Waals surface area contributed by atoms with Crippen molar-refractivity contribution in [3.8, 4) is 0 Å². The zero-order chi connectivity index (χ0) is 29.7. The van der Waals surface area contributed by atoms with Crippen LogP contribution in [0.25, 0.3) is 0 Å². The highest BCUT2D eigenvalue weighted by molar-refractivity contribution is 5.85. The first-order valence-corrected chi connectivity index (χ1v) is 14.9. The van der Waals surface area contributed by atoms with E-state index in [0.717, 1.165) is 5.57 Å². The third-order valence-electron chi connectivity index (χ3n) is 12.2. The average Bonchev–Trinajstić information content (AvgIpc) is 3.45. The highest BCUT2D eigenvalue weighted by Crippen LogP contribution is 2.70. The Morgan fingerprint density at radius 1 is 1.02 bits per heavy atom. The van der Waals surface area contributed by atoms with Gasteiger partial charge in [0.15, 0.2) is 6.29 Å². The van der Waals surface area contributed by atoms with Gasteiger partial charge in [-0.25, -0.2) is 4.79 Å². The van der Waals surface area contributed by atoms with Gasteiger partial charge >= 0.3 is 5.97 Å². The monoisotopic (exact) mass is 584 g/mol. The minimum absolute atomic E-state index is 0.0369. The van der Waals surface area contributed by atoms with E-state index in [1.807, 2.05) is 6.92 Å². The van der Waals surface area contributed by atoms with Crippen molar-refractivity contribution in [1.82, 2.24) is 0 Å². The number of cyclic esters (lactones) is 1. The van der Waals surface area contributed by atoms with E-state index in [-0.39, 0.29) is 38.2 Å². The number of esters is 1. The summed E-state index contributed by atoms with van der Waals surface area (Å²) >= 11 is 0. The summed E-state index contributed by atoms with van der Waals surface area (Å²) in [5, 5.41) is 89.6. The van der Waals surface area contributed by atoms with Crippen LogP contribution in [-0.4, -0.2) is 120 Å². The van der Waals surface area contributed by atoms with E-state index in [0.29, 0.717) is 19.3 Å². The van der Waals surface area contributed by atoms with Crippen LogP contribution in [0.4, 0.5) is 0 Å². The van der Waals surface area contributed by atoms with Crippen LogP contribution in [0.2, 0.25) is 0 Å². The lowest BCUT2D eigenvalue weighted by Gasteiger charge is -2.68. The second-order valence-electron chi connectivity index (χ2n) is 13.8. The van der Waals surface area contributed by atoms with Crippen molar-refractivity contribution in [1.29, 1.82) is 0 Å². The zero-order valence-corrected chi connectivity index (χ0v) is 23.5. The van der Waals surface area contributed by atoms with Gasteiger partial charge in [-0.15, -0.1) is 0 Å². The van der Waals surface area contributed by atoms with Crippen LogP contribution in [0.5, 0.6) is 0 Å². The fraction of sp³-hybridized carbons (Fsp3) is 0.897. The lowest BCUT2D eigenvalue weighted by atomic mass is 9.40. The first-order chi connectivity index (χ1) is 19.2. The third-order valence-corrected chi connectivity index (χ3v) is 12.2. The van der Waals surface area contributed by atoms with Gasteiger partial charge in [0.05, 0.1) is 47.6 Å². The molecule has 1 saturated heterocycles. The largest absolute Gasteiger partial charge is 0.458 e. The van der Waals surface area contributed by atoms with Gasteiger partial charge in [0.25, 0.3) is 0 Å². The van der Waals surface area contributed by atoms with E-state index in [4.69, 9.17) is 14.2 Å². The normalized spacial score (nSPS) is 56.9. The molecule has 8 N–H and O–H groups in total. The van der Waals surface area contributed by atoms with Gasteiger partial charge in [-0.3, -0.25) is 0 Å². The van der Waals surface area contributed by atoms with Gasteiger partial charge in [0, 0.05) is 30.3 Å². The van der Waals surface area contributed by atoms with E-state index >= 15 is 0 Å². The molecule has 15 atom stereocenters. The van der Waals surface area contributed by atoms with Crippen LogP contribution >= 0.6 is 0 Å². The molecule has 0 aromatic carbocycles. The summed E-state index contributed by atoms with van der Waals surface area (Å²) in [6.45, 7) is 3.00. The Kier molecular flexibility index (Phi) is 7.22. The van der Waals surface area contributed by atoms with Crippen LogP contribution < -0.4 is 0 Å². The van der Waals surface area contributed by atoms with Crippen LogP contribution in [0, 0.1) is 28.6 Å². The summed E-state index contributed by atoms with van der Waals surface area (Å²) in [5.41, 5.74) is -4.46. The number of hydrogen-bond acceptors (Lipinski definition) is 12. The highest BCUT2D eigenvalue weighted by atomic mass is 16.7.